The molecule has 0 aliphatic carbocycles. The molecule has 0 saturated carbocycles. The minimum Gasteiger partial charge on any atom is -0.493 e. The zero-order valence-electron chi connectivity index (χ0n) is 18.4. The molecule has 3 N–H and O–H groups in total. The summed E-state index contributed by atoms with van der Waals surface area (Å²) in [6.07, 6.45) is 0.619. The van der Waals surface area contributed by atoms with Crippen molar-refractivity contribution in [1.29, 1.82) is 0 Å². The Morgan fingerprint density at radius 2 is 1.79 bits per heavy atom. The number of methoxy groups -OCH3 is 1. The highest BCUT2D eigenvalue weighted by molar-refractivity contribution is 6.04. The molecule has 3 amide bonds. The first-order valence-electron chi connectivity index (χ1n) is 10.3. The lowest BCUT2D eigenvalue weighted by atomic mass is 9.98. The van der Waals surface area contributed by atoms with E-state index in [-0.39, 0.29) is 6.42 Å². The summed E-state index contributed by atoms with van der Waals surface area (Å²) in [5, 5.41) is 1.91. The number of carbonyl (C=O) groups excluding carboxylic acids is 3. The van der Waals surface area contributed by atoms with Crippen molar-refractivity contribution >= 4 is 17.9 Å². The van der Waals surface area contributed by atoms with Gasteiger partial charge in [-0.25, -0.2) is 9.78 Å². The number of nitrogens with one attached hydrogen (secondary N) is 1. The molecule has 172 valence electrons. The number of aromatic nitrogens is 1. The van der Waals surface area contributed by atoms with Gasteiger partial charge in [-0.2, -0.15) is 0 Å². The molecule has 9 nitrogen and oxygen atoms in total. The Bertz CT molecular complexity index is 1110. The summed E-state index contributed by atoms with van der Waals surface area (Å²) in [5.74, 6) is -0.814. The van der Waals surface area contributed by atoms with E-state index in [1.165, 1.54) is 7.11 Å². The molecule has 3 rings (SSSR count). The Kier molecular flexibility index (Phi) is 7.80. The van der Waals surface area contributed by atoms with E-state index < -0.39 is 23.8 Å². The number of hydrogen-bond donors (Lipinski definition) is 2. The normalized spacial score (nSPS) is 11.5. The lowest BCUT2D eigenvalue weighted by Crippen LogP contribution is -2.43. The molecule has 0 radical (unpaired) electrons. The number of oxazole rings is 1. The number of esters is 1. The monoisotopic (exact) mass is 451 g/mol. The van der Waals surface area contributed by atoms with Crippen LogP contribution in [0.2, 0.25) is 0 Å². The molecule has 1 heterocycles. The second kappa shape index (κ2) is 10.9. The van der Waals surface area contributed by atoms with Crippen LogP contribution in [0.15, 0.2) is 59.0 Å². The topological polar surface area (TPSA) is 134 Å². The van der Waals surface area contributed by atoms with E-state index in [4.69, 9.17) is 14.9 Å². The first-order valence-corrected chi connectivity index (χ1v) is 10.3. The zero-order valence-corrected chi connectivity index (χ0v) is 18.4. The molecule has 1 unspecified atom stereocenters. The lowest BCUT2D eigenvalue weighted by molar-refractivity contribution is -0.149. The van der Waals surface area contributed by atoms with Crippen LogP contribution in [0.25, 0.3) is 11.5 Å². The van der Waals surface area contributed by atoms with Gasteiger partial charge in [-0.05, 0) is 43.2 Å². The molecule has 0 saturated heterocycles. The fourth-order valence-corrected chi connectivity index (χ4v) is 3.22. The van der Waals surface area contributed by atoms with Crippen LogP contribution in [0.3, 0.4) is 0 Å². The van der Waals surface area contributed by atoms with Crippen molar-refractivity contribution in [2.45, 2.75) is 19.8 Å². The van der Waals surface area contributed by atoms with Gasteiger partial charge in [0.1, 0.15) is 17.4 Å². The van der Waals surface area contributed by atoms with Gasteiger partial charge >= 0.3 is 12.0 Å². The summed E-state index contributed by atoms with van der Waals surface area (Å²) >= 11 is 0. The first-order chi connectivity index (χ1) is 15.9. The second-order valence-electron chi connectivity index (χ2n) is 7.26. The summed E-state index contributed by atoms with van der Waals surface area (Å²) < 4.78 is 16.2. The number of rotatable bonds is 9. The number of carbonyl (C=O) groups is 3. The summed E-state index contributed by atoms with van der Waals surface area (Å²) in [6.45, 7) is 2.27. The highest BCUT2D eigenvalue weighted by Gasteiger charge is 2.28. The molecule has 33 heavy (non-hydrogen) atoms. The van der Waals surface area contributed by atoms with Crippen molar-refractivity contribution in [3.8, 4) is 17.2 Å². The number of amides is 3. The van der Waals surface area contributed by atoms with E-state index in [9.17, 15) is 14.4 Å². The fraction of sp³-hybridized carbons (Fsp3) is 0.250. The van der Waals surface area contributed by atoms with Gasteiger partial charge in [-0.1, -0.05) is 30.3 Å². The number of nitrogens with zero attached hydrogens (tertiary/aromatic N) is 1. The second-order valence-corrected chi connectivity index (χ2v) is 7.26. The molecule has 3 aromatic rings. The van der Waals surface area contributed by atoms with Crippen LogP contribution < -0.4 is 15.8 Å². The van der Waals surface area contributed by atoms with Crippen molar-refractivity contribution in [1.82, 2.24) is 10.3 Å². The standard InChI is InChI=1S/C24H25N3O6/c1-15-20(26-22(33-15)17-6-4-3-5-7-17)12-13-32-18-10-8-16(9-11-18)14-19(23(29)31-2)21(28)27-24(25)30/h3-11,19H,12-14H2,1-2H3,(H3,25,27,28,30). The van der Waals surface area contributed by atoms with E-state index in [0.29, 0.717) is 30.2 Å². The zero-order chi connectivity index (χ0) is 23.8. The number of urea groups is 1. The molecule has 2 aromatic carbocycles. The lowest BCUT2D eigenvalue weighted by Gasteiger charge is -2.14. The van der Waals surface area contributed by atoms with Crippen LogP contribution in [0.4, 0.5) is 4.79 Å². The number of imide groups is 1. The van der Waals surface area contributed by atoms with Gasteiger partial charge in [0.15, 0.2) is 0 Å². The number of primary amides is 1. The maximum Gasteiger partial charge on any atom is 0.318 e. The van der Waals surface area contributed by atoms with Crippen LogP contribution >= 0.6 is 0 Å². The van der Waals surface area contributed by atoms with E-state index in [1.807, 2.05) is 42.6 Å². The predicted molar refractivity (Wildman–Crippen MR) is 119 cm³/mol. The van der Waals surface area contributed by atoms with Crippen LogP contribution in [-0.4, -0.2) is 36.6 Å². The minimum atomic E-state index is -1.19. The smallest absolute Gasteiger partial charge is 0.318 e. The maximum atomic E-state index is 12.1. The van der Waals surface area contributed by atoms with Gasteiger partial charge in [0, 0.05) is 12.0 Å². The average Bonchev–Trinajstić information content (AvgIpc) is 3.18. The van der Waals surface area contributed by atoms with Crippen LogP contribution in [-0.2, 0) is 27.2 Å². The highest BCUT2D eigenvalue weighted by Crippen LogP contribution is 2.22. The Morgan fingerprint density at radius 1 is 1.09 bits per heavy atom. The fourth-order valence-electron chi connectivity index (χ4n) is 3.22. The van der Waals surface area contributed by atoms with Gasteiger partial charge in [0.2, 0.25) is 11.8 Å². The predicted octanol–water partition coefficient (Wildman–Crippen LogP) is 2.80. The third kappa shape index (κ3) is 6.42. The van der Waals surface area contributed by atoms with Crippen molar-refractivity contribution in [3.63, 3.8) is 0 Å². The van der Waals surface area contributed by atoms with Crippen molar-refractivity contribution in [2.75, 3.05) is 13.7 Å². The largest absolute Gasteiger partial charge is 0.493 e. The summed E-state index contributed by atoms with van der Waals surface area (Å²) in [4.78, 5) is 39.5. The minimum absolute atomic E-state index is 0.0481. The third-order valence-electron chi connectivity index (χ3n) is 4.93. The van der Waals surface area contributed by atoms with Crippen molar-refractivity contribution in [3.05, 3.63) is 71.6 Å². The van der Waals surface area contributed by atoms with E-state index in [0.717, 1.165) is 17.0 Å². The molecular weight excluding hydrogens is 426 g/mol. The van der Waals surface area contributed by atoms with Gasteiger partial charge in [-0.15, -0.1) is 0 Å². The highest BCUT2D eigenvalue weighted by atomic mass is 16.5. The molecule has 1 aromatic heterocycles. The summed E-state index contributed by atoms with van der Waals surface area (Å²) in [7, 11) is 1.17. The molecule has 0 spiro atoms. The SMILES string of the molecule is COC(=O)C(Cc1ccc(OCCc2nc(-c3ccccc3)oc2C)cc1)C(=O)NC(N)=O. The molecule has 0 aliphatic heterocycles. The summed E-state index contributed by atoms with van der Waals surface area (Å²) in [6, 6.07) is 15.6. The van der Waals surface area contributed by atoms with Crippen LogP contribution in [0.5, 0.6) is 5.75 Å². The Balaban J connectivity index is 1.56. The van der Waals surface area contributed by atoms with Gasteiger partial charge < -0.3 is 19.6 Å². The third-order valence-corrected chi connectivity index (χ3v) is 4.93. The quantitative estimate of drug-likeness (QED) is 0.377. The molecule has 0 bridgehead atoms. The van der Waals surface area contributed by atoms with Crippen molar-refractivity contribution in [2.24, 2.45) is 11.7 Å². The molecule has 9 heteroatoms. The van der Waals surface area contributed by atoms with E-state index in [1.54, 1.807) is 24.3 Å². The molecule has 0 aliphatic rings. The summed E-state index contributed by atoms with van der Waals surface area (Å²) in [5.41, 5.74) is 7.40. The van der Waals surface area contributed by atoms with E-state index in [2.05, 4.69) is 9.72 Å². The Morgan fingerprint density at radius 3 is 2.42 bits per heavy atom. The van der Waals surface area contributed by atoms with Crippen LogP contribution in [0, 0.1) is 12.8 Å². The number of hydrogen-bond acceptors (Lipinski definition) is 7. The van der Waals surface area contributed by atoms with Crippen molar-refractivity contribution < 1.29 is 28.3 Å². The first kappa shape index (κ1) is 23.5. The number of aryl methyl sites for hydroxylation is 1. The number of benzene rings is 2. The van der Waals surface area contributed by atoms with Gasteiger partial charge in [0.05, 0.1) is 19.4 Å². The van der Waals surface area contributed by atoms with Gasteiger partial charge in [0.25, 0.3) is 0 Å². The molecular formula is C24H25N3O6. The molecule has 0 fully saturated rings. The maximum absolute atomic E-state index is 12.1. The molecule has 1 atom stereocenters. The Labute approximate surface area is 190 Å². The van der Waals surface area contributed by atoms with Gasteiger partial charge in [-0.3, -0.25) is 14.9 Å². The Hall–Kier alpha value is -4.14. The van der Waals surface area contributed by atoms with E-state index >= 15 is 0 Å². The van der Waals surface area contributed by atoms with Crippen LogP contribution in [0.1, 0.15) is 17.0 Å². The number of nitrogens with two attached hydrogens (primary N) is 1. The number of ether oxygens (including phenoxy) is 2. The average molecular weight is 451 g/mol.